The van der Waals surface area contributed by atoms with E-state index in [1.807, 2.05) is 19.9 Å². The van der Waals surface area contributed by atoms with Crippen molar-refractivity contribution < 1.29 is 9.59 Å². The first-order valence-corrected chi connectivity index (χ1v) is 8.24. The van der Waals surface area contributed by atoms with Crippen LogP contribution in [0.15, 0.2) is 12.1 Å². The third kappa shape index (κ3) is 4.47. The molecule has 0 spiro atoms. The summed E-state index contributed by atoms with van der Waals surface area (Å²) in [6.45, 7) is 3.79. The molecule has 0 heterocycles. The predicted molar refractivity (Wildman–Crippen MR) is 89.2 cm³/mol. The zero-order chi connectivity index (χ0) is 16.1. The minimum atomic E-state index is -0.655. The van der Waals surface area contributed by atoms with Gasteiger partial charge in [-0.1, -0.05) is 43.4 Å². The first-order chi connectivity index (χ1) is 10.5. The van der Waals surface area contributed by atoms with Gasteiger partial charge in [-0.25, -0.2) is 0 Å². The van der Waals surface area contributed by atoms with E-state index in [1.165, 1.54) is 12.8 Å². The van der Waals surface area contributed by atoms with Crippen LogP contribution in [-0.4, -0.2) is 17.9 Å². The summed E-state index contributed by atoms with van der Waals surface area (Å²) in [4.78, 5) is 24.1. The molecule has 0 aromatic heterocycles. The van der Waals surface area contributed by atoms with Crippen LogP contribution in [0.3, 0.4) is 0 Å². The lowest BCUT2D eigenvalue weighted by atomic mass is 10.1. The van der Waals surface area contributed by atoms with Crippen LogP contribution in [0.4, 0.5) is 5.69 Å². The molecular weight excluding hydrogens is 300 g/mol. The normalized spacial score (nSPS) is 16.0. The number of benzene rings is 1. The molecule has 0 atom stereocenters. The minimum Gasteiger partial charge on any atom is -0.345 e. The van der Waals surface area contributed by atoms with E-state index in [4.69, 9.17) is 11.6 Å². The van der Waals surface area contributed by atoms with Crippen LogP contribution < -0.4 is 10.6 Å². The van der Waals surface area contributed by atoms with Crippen LogP contribution in [0.2, 0.25) is 5.02 Å². The Balaban J connectivity index is 1.98. The fraction of sp³-hybridized carbons (Fsp3) is 0.529. The van der Waals surface area contributed by atoms with E-state index in [2.05, 4.69) is 10.6 Å². The Hall–Kier alpha value is -1.55. The van der Waals surface area contributed by atoms with Gasteiger partial charge in [-0.15, -0.1) is 0 Å². The van der Waals surface area contributed by atoms with Crippen LogP contribution >= 0.6 is 11.6 Å². The summed E-state index contributed by atoms with van der Waals surface area (Å²) < 4.78 is 0. The summed E-state index contributed by atoms with van der Waals surface area (Å²) in [5.41, 5.74) is 2.37. The number of halogens is 1. The van der Waals surface area contributed by atoms with Crippen molar-refractivity contribution in [3.05, 3.63) is 28.3 Å². The van der Waals surface area contributed by atoms with Crippen molar-refractivity contribution in [2.75, 3.05) is 5.32 Å². The Bertz CT molecular complexity index is 541. The van der Waals surface area contributed by atoms with E-state index in [0.29, 0.717) is 10.7 Å². The highest BCUT2D eigenvalue weighted by atomic mass is 35.5. The standard InChI is InChI=1S/C17H23ClN2O2/c1-11-9-12(2)15(14(18)10-11)20-17(22)16(21)19-13-7-5-3-4-6-8-13/h9-10,13H,3-8H2,1-2H3,(H,19,21)(H,20,22). The smallest absolute Gasteiger partial charge is 0.313 e. The van der Waals surface area contributed by atoms with Gasteiger partial charge in [-0.2, -0.15) is 0 Å². The first kappa shape index (κ1) is 16.8. The predicted octanol–water partition coefficient (Wildman–Crippen LogP) is 3.73. The summed E-state index contributed by atoms with van der Waals surface area (Å²) in [5, 5.41) is 5.91. The number of rotatable bonds is 2. The monoisotopic (exact) mass is 322 g/mol. The molecule has 1 aromatic rings. The molecule has 1 aliphatic rings. The van der Waals surface area contributed by atoms with Crippen LogP contribution in [0.1, 0.15) is 49.7 Å². The molecule has 2 N–H and O–H groups in total. The second-order valence-electron chi connectivity index (χ2n) is 6.05. The lowest BCUT2D eigenvalue weighted by Crippen LogP contribution is -2.41. The maximum Gasteiger partial charge on any atom is 0.313 e. The van der Waals surface area contributed by atoms with Crippen molar-refractivity contribution in [2.45, 2.75) is 58.4 Å². The van der Waals surface area contributed by atoms with Gasteiger partial charge in [-0.3, -0.25) is 9.59 Å². The van der Waals surface area contributed by atoms with E-state index in [-0.39, 0.29) is 6.04 Å². The van der Waals surface area contributed by atoms with Crippen molar-refractivity contribution >= 4 is 29.1 Å². The van der Waals surface area contributed by atoms with Gasteiger partial charge in [0.25, 0.3) is 0 Å². The Morgan fingerprint density at radius 3 is 2.27 bits per heavy atom. The maximum atomic E-state index is 12.1. The van der Waals surface area contributed by atoms with Gasteiger partial charge in [-0.05, 0) is 43.9 Å². The van der Waals surface area contributed by atoms with Gasteiger partial charge in [0.15, 0.2) is 0 Å². The number of aryl methyl sites for hydroxylation is 2. The number of hydrogen-bond donors (Lipinski definition) is 2. The Morgan fingerprint density at radius 1 is 1.05 bits per heavy atom. The van der Waals surface area contributed by atoms with Crippen LogP contribution in [-0.2, 0) is 9.59 Å². The fourth-order valence-electron chi connectivity index (χ4n) is 2.92. The highest BCUT2D eigenvalue weighted by molar-refractivity contribution is 6.41. The average molecular weight is 323 g/mol. The number of amides is 2. The highest BCUT2D eigenvalue weighted by Crippen LogP contribution is 2.27. The molecule has 5 heteroatoms. The Kier molecular flexibility index (Phi) is 5.83. The van der Waals surface area contributed by atoms with E-state index < -0.39 is 11.8 Å². The molecule has 1 aliphatic carbocycles. The van der Waals surface area contributed by atoms with Gasteiger partial charge in [0, 0.05) is 6.04 Å². The molecule has 0 unspecified atom stereocenters. The van der Waals surface area contributed by atoms with Gasteiger partial charge >= 0.3 is 11.8 Å². The molecule has 4 nitrogen and oxygen atoms in total. The molecule has 0 saturated heterocycles. The number of carbonyl (C=O) groups is 2. The summed E-state index contributed by atoms with van der Waals surface area (Å²) in [5.74, 6) is -1.24. The minimum absolute atomic E-state index is 0.107. The molecule has 0 aliphatic heterocycles. The van der Waals surface area contributed by atoms with Gasteiger partial charge in [0.1, 0.15) is 0 Å². The SMILES string of the molecule is Cc1cc(C)c(NC(=O)C(=O)NC2CCCCCC2)c(Cl)c1. The van der Waals surface area contributed by atoms with Crippen LogP contribution in [0.5, 0.6) is 0 Å². The van der Waals surface area contributed by atoms with E-state index in [9.17, 15) is 9.59 Å². The summed E-state index contributed by atoms with van der Waals surface area (Å²) >= 11 is 6.15. The topological polar surface area (TPSA) is 58.2 Å². The van der Waals surface area contributed by atoms with Crippen molar-refractivity contribution in [1.82, 2.24) is 5.32 Å². The molecule has 2 amide bonds. The van der Waals surface area contributed by atoms with Crippen molar-refractivity contribution in [3.8, 4) is 0 Å². The number of hydrogen-bond acceptors (Lipinski definition) is 2. The molecule has 1 fully saturated rings. The molecule has 0 radical (unpaired) electrons. The van der Waals surface area contributed by atoms with Crippen molar-refractivity contribution in [2.24, 2.45) is 0 Å². The lowest BCUT2D eigenvalue weighted by Gasteiger charge is -2.16. The zero-order valence-electron chi connectivity index (χ0n) is 13.2. The van der Waals surface area contributed by atoms with Crippen molar-refractivity contribution in [1.29, 1.82) is 0 Å². The van der Waals surface area contributed by atoms with Crippen LogP contribution in [0.25, 0.3) is 0 Å². The molecular formula is C17H23ClN2O2. The third-order valence-corrected chi connectivity index (χ3v) is 4.36. The summed E-state index contributed by atoms with van der Waals surface area (Å²) in [6.07, 6.45) is 6.52. The molecule has 2 rings (SSSR count). The number of anilines is 1. The molecule has 0 bridgehead atoms. The van der Waals surface area contributed by atoms with Gasteiger partial charge in [0.05, 0.1) is 10.7 Å². The van der Waals surface area contributed by atoms with Gasteiger partial charge in [0.2, 0.25) is 0 Å². The third-order valence-electron chi connectivity index (χ3n) is 4.07. The highest BCUT2D eigenvalue weighted by Gasteiger charge is 2.21. The first-order valence-electron chi connectivity index (χ1n) is 7.86. The largest absolute Gasteiger partial charge is 0.345 e. The molecule has 1 aromatic carbocycles. The van der Waals surface area contributed by atoms with Crippen LogP contribution in [0, 0.1) is 13.8 Å². The quantitative estimate of drug-likeness (QED) is 0.644. The van der Waals surface area contributed by atoms with E-state index in [0.717, 1.165) is 36.8 Å². The fourth-order valence-corrected chi connectivity index (χ4v) is 3.29. The zero-order valence-corrected chi connectivity index (χ0v) is 13.9. The number of carbonyl (C=O) groups excluding carboxylic acids is 2. The molecule has 120 valence electrons. The Labute approximate surface area is 136 Å². The molecule has 22 heavy (non-hydrogen) atoms. The van der Waals surface area contributed by atoms with Crippen molar-refractivity contribution in [3.63, 3.8) is 0 Å². The number of nitrogens with one attached hydrogen (secondary N) is 2. The molecule has 1 saturated carbocycles. The second kappa shape index (κ2) is 7.63. The maximum absolute atomic E-state index is 12.1. The van der Waals surface area contributed by atoms with E-state index >= 15 is 0 Å². The summed E-state index contributed by atoms with van der Waals surface area (Å²) in [6, 6.07) is 3.80. The summed E-state index contributed by atoms with van der Waals surface area (Å²) in [7, 11) is 0. The Morgan fingerprint density at radius 2 is 1.68 bits per heavy atom. The lowest BCUT2D eigenvalue weighted by molar-refractivity contribution is -0.136. The second-order valence-corrected chi connectivity index (χ2v) is 6.46. The average Bonchev–Trinajstić information content (AvgIpc) is 2.71. The van der Waals surface area contributed by atoms with Gasteiger partial charge < -0.3 is 10.6 Å². The van der Waals surface area contributed by atoms with E-state index in [1.54, 1.807) is 6.07 Å².